The van der Waals surface area contributed by atoms with Crippen molar-refractivity contribution in [3.8, 4) is 0 Å². The van der Waals surface area contributed by atoms with Gasteiger partial charge in [-0.05, 0) is 96.3 Å². The van der Waals surface area contributed by atoms with E-state index in [0.29, 0.717) is 19.3 Å². The number of carbonyl (C=O) groups is 4. The molecular weight excluding hydrogens is 925 g/mol. The summed E-state index contributed by atoms with van der Waals surface area (Å²) >= 11 is 0. The zero-order valence-electron chi connectivity index (χ0n) is 46.4. The number of unbranched alkanes of at least 4 members (excludes halogenated alkanes) is 28. The number of hydrogen-bond donors (Lipinski definition) is 3. The molecule has 12 nitrogen and oxygen atoms in total. The summed E-state index contributed by atoms with van der Waals surface area (Å²) < 4.78 is 28.4. The van der Waals surface area contributed by atoms with Gasteiger partial charge in [0.15, 0.2) is 24.6 Å². The molecule has 1 saturated heterocycles. The van der Waals surface area contributed by atoms with Gasteiger partial charge in [0.1, 0.15) is 18.8 Å². The van der Waals surface area contributed by atoms with Crippen molar-refractivity contribution >= 4 is 23.9 Å². The second-order valence-corrected chi connectivity index (χ2v) is 20.3. The summed E-state index contributed by atoms with van der Waals surface area (Å²) in [6.07, 6.45) is 46.5. The molecule has 0 aromatic carbocycles. The summed E-state index contributed by atoms with van der Waals surface area (Å²) in [7, 11) is 0. The van der Waals surface area contributed by atoms with Crippen molar-refractivity contribution in [2.24, 2.45) is 0 Å². The van der Waals surface area contributed by atoms with Gasteiger partial charge in [-0.3, -0.25) is 14.4 Å². The van der Waals surface area contributed by atoms with Crippen molar-refractivity contribution in [1.29, 1.82) is 0 Å². The highest BCUT2D eigenvalue weighted by atomic mass is 16.7. The maximum Gasteiger partial charge on any atom is 0.335 e. The van der Waals surface area contributed by atoms with E-state index in [1.54, 1.807) is 0 Å². The quantitative estimate of drug-likeness (QED) is 0.0228. The van der Waals surface area contributed by atoms with E-state index in [2.05, 4.69) is 69.4 Å². The largest absolute Gasteiger partial charge is 0.479 e. The highest BCUT2D eigenvalue weighted by Crippen LogP contribution is 2.26. The summed E-state index contributed by atoms with van der Waals surface area (Å²) in [4.78, 5) is 51.0. The Hall–Kier alpha value is -3.32. The summed E-state index contributed by atoms with van der Waals surface area (Å²) in [5.74, 6) is -3.14. The van der Waals surface area contributed by atoms with Crippen LogP contribution in [0.3, 0.4) is 0 Å². The smallest absolute Gasteiger partial charge is 0.335 e. The van der Waals surface area contributed by atoms with Crippen molar-refractivity contribution in [2.75, 3.05) is 13.2 Å². The van der Waals surface area contributed by atoms with Crippen molar-refractivity contribution in [3.05, 3.63) is 48.6 Å². The van der Waals surface area contributed by atoms with Crippen molar-refractivity contribution in [2.45, 2.75) is 302 Å². The minimum atomic E-state index is -1.91. The molecule has 1 aliphatic rings. The Bertz CT molecular complexity index is 1460. The highest BCUT2D eigenvalue weighted by Gasteiger charge is 2.50. The van der Waals surface area contributed by atoms with Gasteiger partial charge in [0.2, 0.25) is 0 Å². The number of aliphatic carboxylic acids is 1. The molecule has 0 spiro atoms. The molecular formula is C61H106O12. The van der Waals surface area contributed by atoms with E-state index in [4.69, 9.17) is 23.7 Å². The fourth-order valence-electron chi connectivity index (χ4n) is 8.73. The second-order valence-electron chi connectivity index (χ2n) is 20.3. The SMILES string of the molecule is CCCC/C=C\CCCCCCCC(=O)OC(COC(=O)CCCCCCC/C=C\C/C=C\CCCCC)COC1OC(C(=O)O)C(O)C(O)C1OC(=O)CCCCCCCCC/C=C\CCCCCCCC. The van der Waals surface area contributed by atoms with Crippen LogP contribution in [0.15, 0.2) is 48.6 Å². The van der Waals surface area contributed by atoms with E-state index in [-0.39, 0.29) is 25.9 Å². The monoisotopic (exact) mass is 1030 g/mol. The highest BCUT2D eigenvalue weighted by molar-refractivity contribution is 5.74. The Morgan fingerprint density at radius 1 is 0.452 bits per heavy atom. The van der Waals surface area contributed by atoms with Crippen LogP contribution in [-0.4, -0.2) is 89.2 Å². The van der Waals surface area contributed by atoms with Crippen LogP contribution in [0.4, 0.5) is 0 Å². The Kier molecular flexibility index (Phi) is 45.9. The second kappa shape index (κ2) is 49.6. The maximum atomic E-state index is 13.1. The molecule has 1 fully saturated rings. The van der Waals surface area contributed by atoms with Crippen molar-refractivity contribution in [1.82, 2.24) is 0 Å². The predicted octanol–water partition coefficient (Wildman–Crippen LogP) is 15.0. The number of carboxylic acids is 1. The molecule has 6 unspecified atom stereocenters. The molecule has 422 valence electrons. The molecule has 0 aromatic rings. The minimum Gasteiger partial charge on any atom is -0.479 e. The molecule has 0 saturated carbocycles. The first-order valence-corrected chi connectivity index (χ1v) is 29.6. The zero-order valence-corrected chi connectivity index (χ0v) is 46.4. The van der Waals surface area contributed by atoms with E-state index in [0.717, 1.165) is 116 Å². The fraction of sp³-hybridized carbons (Fsp3) is 0.803. The Morgan fingerprint density at radius 2 is 0.836 bits per heavy atom. The number of ether oxygens (including phenoxy) is 5. The van der Waals surface area contributed by atoms with Crippen molar-refractivity contribution in [3.63, 3.8) is 0 Å². The van der Waals surface area contributed by atoms with Gasteiger partial charge in [-0.25, -0.2) is 4.79 Å². The van der Waals surface area contributed by atoms with Gasteiger partial charge in [-0.1, -0.05) is 198 Å². The van der Waals surface area contributed by atoms with Crippen LogP contribution in [0.2, 0.25) is 0 Å². The molecule has 1 rings (SSSR count). The average Bonchev–Trinajstić information content (AvgIpc) is 3.37. The number of carboxylic acid groups (broad SMARTS) is 1. The lowest BCUT2D eigenvalue weighted by atomic mass is 9.98. The Labute approximate surface area is 443 Å². The molecule has 6 atom stereocenters. The topological polar surface area (TPSA) is 175 Å². The number of aliphatic hydroxyl groups excluding tert-OH is 2. The van der Waals surface area contributed by atoms with Gasteiger partial charge in [-0.15, -0.1) is 0 Å². The number of aliphatic hydroxyl groups is 2. The zero-order chi connectivity index (χ0) is 53.3. The van der Waals surface area contributed by atoms with E-state index in [1.807, 2.05) is 0 Å². The van der Waals surface area contributed by atoms with E-state index < -0.39 is 67.3 Å². The molecule has 0 bridgehead atoms. The summed E-state index contributed by atoms with van der Waals surface area (Å²) in [6.45, 7) is 5.91. The van der Waals surface area contributed by atoms with Gasteiger partial charge < -0.3 is 39.0 Å². The molecule has 3 N–H and O–H groups in total. The van der Waals surface area contributed by atoms with Crippen LogP contribution in [0.1, 0.15) is 265 Å². The molecule has 1 aliphatic heterocycles. The van der Waals surface area contributed by atoms with Gasteiger partial charge in [0.05, 0.1) is 6.61 Å². The van der Waals surface area contributed by atoms with Gasteiger partial charge in [0.25, 0.3) is 0 Å². The summed E-state index contributed by atoms with van der Waals surface area (Å²) in [6, 6.07) is 0. The third-order valence-corrected chi connectivity index (χ3v) is 13.3. The Balaban J connectivity index is 2.68. The number of rotatable bonds is 50. The number of allylic oxidation sites excluding steroid dienone is 8. The van der Waals surface area contributed by atoms with Crippen LogP contribution in [0, 0.1) is 0 Å². The van der Waals surface area contributed by atoms with Gasteiger partial charge in [-0.2, -0.15) is 0 Å². The lowest BCUT2D eigenvalue weighted by Crippen LogP contribution is -2.61. The molecule has 0 amide bonds. The van der Waals surface area contributed by atoms with E-state index in [1.165, 1.54) is 89.9 Å². The fourth-order valence-corrected chi connectivity index (χ4v) is 8.73. The molecule has 1 heterocycles. The third kappa shape index (κ3) is 39.7. The third-order valence-electron chi connectivity index (χ3n) is 13.3. The van der Waals surface area contributed by atoms with Crippen molar-refractivity contribution < 1.29 is 58.2 Å². The first-order valence-electron chi connectivity index (χ1n) is 29.6. The Morgan fingerprint density at radius 3 is 1.32 bits per heavy atom. The first-order chi connectivity index (χ1) is 35.6. The summed E-state index contributed by atoms with van der Waals surface area (Å²) in [5.41, 5.74) is 0. The summed E-state index contributed by atoms with van der Waals surface area (Å²) in [5, 5.41) is 31.5. The minimum absolute atomic E-state index is 0.0544. The van der Waals surface area contributed by atoms with Crippen LogP contribution in [0.5, 0.6) is 0 Å². The van der Waals surface area contributed by atoms with Gasteiger partial charge >= 0.3 is 23.9 Å². The van der Waals surface area contributed by atoms with Gasteiger partial charge in [0, 0.05) is 19.3 Å². The van der Waals surface area contributed by atoms with E-state index in [9.17, 15) is 34.5 Å². The molecule has 12 heteroatoms. The first kappa shape index (κ1) is 67.7. The van der Waals surface area contributed by atoms with Crippen LogP contribution in [0.25, 0.3) is 0 Å². The number of carbonyl (C=O) groups excluding carboxylic acids is 3. The van der Waals surface area contributed by atoms with Crippen LogP contribution >= 0.6 is 0 Å². The molecule has 0 radical (unpaired) electrons. The molecule has 73 heavy (non-hydrogen) atoms. The molecule has 0 aromatic heterocycles. The van der Waals surface area contributed by atoms with Crippen LogP contribution < -0.4 is 0 Å². The van der Waals surface area contributed by atoms with Crippen LogP contribution in [-0.2, 0) is 42.9 Å². The van der Waals surface area contributed by atoms with E-state index >= 15 is 0 Å². The number of esters is 3. The molecule has 0 aliphatic carbocycles. The lowest BCUT2D eigenvalue weighted by molar-refractivity contribution is -0.301. The normalized spacial score (nSPS) is 18.6. The average molecular weight is 1030 g/mol. The lowest BCUT2D eigenvalue weighted by Gasteiger charge is -2.40. The standard InChI is InChI=1S/C61H106O12/c1-4-7-10-13-16-19-22-24-26-27-29-31-34-37-40-43-46-49-55(64)72-59-57(66)56(65)58(60(67)68)73-61(59)70-51-52(71-54(63)48-45-42-39-36-32-21-18-15-12-9-6-3)50-69-53(62)47-44-41-38-35-33-30-28-25-23-20-17-14-11-8-5-2/h15,17-18,20,24-26,28,52,56-59,61,65-66H,4-14,16,19,21-23,27,29-51H2,1-3H3,(H,67,68)/b18-15-,20-17-,26-24-,28-25-. The predicted molar refractivity (Wildman–Crippen MR) is 294 cm³/mol. The maximum absolute atomic E-state index is 13.1. The number of hydrogen-bond acceptors (Lipinski definition) is 11.